The molecule has 0 aromatic heterocycles. The number of carbonyl (C=O) groups is 3. The number of hydrogen-bond donors (Lipinski definition) is 1. The second-order valence-electron chi connectivity index (χ2n) is 7.26. The van der Waals surface area contributed by atoms with Crippen LogP contribution >= 0.6 is 0 Å². The molecule has 0 atom stereocenters. The average molecular weight is 536 g/mol. The number of allylic oxidation sites excluding steroid dienone is 4. The molecule has 1 aliphatic carbocycles. The van der Waals surface area contributed by atoms with Crippen LogP contribution in [0.2, 0.25) is 0 Å². The first kappa shape index (κ1) is 35.0. The van der Waals surface area contributed by atoms with Crippen molar-refractivity contribution in [3.63, 3.8) is 0 Å². The molecule has 0 aliphatic heterocycles. The molecule has 0 bridgehead atoms. The minimum absolute atomic E-state index is 0. The minimum atomic E-state index is -4.79. The van der Waals surface area contributed by atoms with Crippen LogP contribution in [-0.4, -0.2) is 30.7 Å². The number of carboxylic acids is 2. The predicted molar refractivity (Wildman–Crippen MR) is 109 cm³/mol. The minimum Gasteiger partial charge on any atom is -0.872 e. The van der Waals surface area contributed by atoms with E-state index in [1.807, 2.05) is 0 Å². The van der Waals surface area contributed by atoms with Gasteiger partial charge in [-0.05, 0) is 66.0 Å². The van der Waals surface area contributed by atoms with E-state index in [0.29, 0.717) is 0 Å². The molecule has 170 valence electrons. The Labute approximate surface area is 273 Å². The number of aromatic carboxylic acids is 1. The normalized spacial score (nSPS) is 14.2. The number of aliphatic carboxylic acids is 1. The van der Waals surface area contributed by atoms with Crippen LogP contribution in [0.1, 0.15) is 34.0 Å². The van der Waals surface area contributed by atoms with Crippen molar-refractivity contribution in [3.05, 3.63) is 87.5 Å². The fourth-order valence-corrected chi connectivity index (χ4v) is 4.21. The first-order valence-corrected chi connectivity index (χ1v) is 10.8. The van der Waals surface area contributed by atoms with Crippen molar-refractivity contribution in [1.82, 2.24) is 0 Å². The molecule has 2 aromatic rings. The summed E-state index contributed by atoms with van der Waals surface area (Å²) in [4.78, 5) is 34.7. The number of benzene rings is 2. The van der Waals surface area contributed by atoms with E-state index in [1.54, 1.807) is 0 Å². The maximum atomic E-state index is 12.2. The monoisotopic (exact) mass is 536 g/mol. The molecule has 1 N–H and O–H groups in total. The predicted octanol–water partition coefficient (Wildman–Crippen LogP) is -9.30. The van der Waals surface area contributed by atoms with Gasteiger partial charge in [-0.25, -0.2) is 0 Å². The van der Waals surface area contributed by atoms with Crippen molar-refractivity contribution in [1.29, 1.82) is 0 Å². The molecule has 2 aromatic carbocycles. The molecular formula is C23H15Na3O9S. The zero-order chi connectivity index (χ0) is 24.7. The van der Waals surface area contributed by atoms with Gasteiger partial charge in [-0.2, -0.15) is 8.42 Å². The van der Waals surface area contributed by atoms with Gasteiger partial charge in [0.1, 0.15) is 4.90 Å². The smallest absolute Gasteiger partial charge is 0.872 e. The third-order valence-corrected chi connectivity index (χ3v) is 5.91. The summed E-state index contributed by atoms with van der Waals surface area (Å²) >= 11 is 0. The first-order valence-electron chi connectivity index (χ1n) is 9.33. The van der Waals surface area contributed by atoms with E-state index in [0.717, 1.165) is 18.2 Å². The van der Waals surface area contributed by atoms with Crippen molar-refractivity contribution in [3.8, 4) is 5.75 Å². The van der Waals surface area contributed by atoms with Crippen LogP contribution in [0.25, 0.3) is 5.57 Å². The molecule has 13 heteroatoms. The third kappa shape index (κ3) is 7.30. The summed E-state index contributed by atoms with van der Waals surface area (Å²) in [6, 6.07) is 7.41. The molecule has 0 saturated carbocycles. The molecule has 0 amide bonds. The van der Waals surface area contributed by atoms with Crippen LogP contribution in [-0.2, 0) is 19.7 Å². The van der Waals surface area contributed by atoms with Gasteiger partial charge in [0, 0.05) is 11.1 Å². The van der Waals surface area contributed by atoms with Crippen LogP contribution in [0.15, 0.2) is 70.2 Å². The van der Waals surface area contributed by atoms with E-state index >= 15 is 0 Å². The first-order chi connectivity index (χ1) is 15.3. The molecule has 0 unspecified atom stereocenters. The van der Waals surface area contributed by atoms with Crippen molar-refractivity contribution in [2.75, 3.05) is 0 Å². The quantitative estimate of drug-likeness (QED) is 0.221. The molecule has 0 spiro atoms. The van der Waals surface area contributed by atoms with Crippen LogP contribution in [0, 0.1) is 6.92 Å². The summed E-state index contributed by atoms with van der Waals surface area (Å²) in [7, 11) is -4.79. The Hall–Kier alpha value is -1.02. The van der Waals surface area contributed by atoms with Crippen LogP contribution in [0.4, 0.5) is 0 Å². The van der Waals surface area contributed by atoms with Gasteiger partial charge in [0.05, 0.1) is 11.9 Å². The largest absolute Gasteiger partial charge is 1.00 e. The Balaban J connectivity index is 0.00000408. The number of hydrogen-bond acceptors (Lipinski definition) is 8. The van der Waals surface area contributed by atoms with Crippen LogP contribution in [0.3, 0.4) is 0 Å². The molecule has 0 saturated heterocycles. The van der Waals surface area contributed by atoms with Gasteiger partial charge in [0.25, 0.3) is 10.1 Å². The molecule has 9 nitrogen and oxygen atoms in total. The van der Waals surface area contributed by atoms with Gasteiger partial charge >= 0.3 is 88.7 Å². The standard InChI is InChI=1S/C23H18O9S.3Na/c1-11-7-13(9-16(20(11)24)22(26)27)19(15-5-3-4-6-18(15)33(30,31)32)14-8-12(2)21(25)17(10-14)23(28)29;;;/h3-10,24H,1-2H3,(H,26,27)(H,28,29)(H,30,31,32);;;/q;3*+1/p-3. The van der Waals surface area contributed by atoms with E-state index in [1.165, 1.54) is 44.2 Å². The number of rotatable bonds is 5. The van der Waals surface area contributed by atoms with Crippen molar-refractivity contribution in [2.24, 2.45) is 0 Å². The average Bonchev–Trinajstić information content (AvgIpc) is 2.72. The van der Waals surface area contributed by atoms with Crippen LogP contribution in [0.5, 0.6) is 5.75 Å². The second-order valence-corrected chi connectivity index (χ2v) is 8.65. The molecular weight excluding hydrogens is 521 g/mol. The second kappa shape index (κ2) is 13.7. The van der Waals surface area contributed by atoms with E-state index < -0.39 is 49.6 Å². The summed E-state index contributed by atoms with van der Waals surface area (Å²) in [6.45, 7) is 2.67. The summed E-state index contributed by atoms with van der Waals surface area (Å²) < 4.78 is 33.8. The van der Waals surface area contributed by atoms with E-state index in [-0.39, 0.29) is 122 Å². The van der Waals surface area contributed by atoms with Gasteiger partial charge < -0.3 is 24.9 Å². The Bertz CT molecular complexity index is 1440. The molecule has 0 heterocycles. The number of aryl methyl sites for hydroxylation is 1. The maximum Gasteiger partial charge on any atom is 1.00 e. The fourth-order valence-electron chi connectivity index (χ4n) is 3.52. The maximum absolute atomic E-state index is 12.2. The fraction of sp³-hybridized carbons (Fsp3) is 0.0870. The molecule has 3 rings (SSSR count). The van der Waals surface area contributed by atoms with Gasteiger partial charge in [0.15, 0.2) is 5.78 Å². The summed E-state index contributed by atoms with van der Waals surface area (Å²) in [5, 5.41) is 35.2. The summed E-state index contributed by atoms with van der Waals surface area (Å²) in [6.07, 6.45) is 2.24. The molecule has 0 radical (unpaired) electrons. The van der Waals surface area contributed by atoms with Crippen molar-refractivity contribution in [2.45, 2.75) is 18.7 Å². The number of ketones is 1. The number of Topliss-reactive ketones (excluding diaryl/α,β-unsaturated/α-hetero) is 1. The Kier molecular flexibility index (Phi) is 13.3. The van der Waals surface area contributed by atoms with Gasteiger partial charge in [0.2, 0.25) is 0 Å². The topological polar surface area (TPSA) is 175 Å². The third-order valence-electron chi connectivity index (χ3n) is 5.00. The zero-order valence-electron chi connectivity index (χ0n) is 20.2. The molecule has 1 aliphatic rings. The van der Waals surface area contributed by atoms with E-state index in [9.17, 15) is 42.7 Å². The van der Waals surface area contributed by atoms with E-state index in [4.69, 9.17) is 0 Å². The Morgan fingerprint density at radius 3 is 2.00 bits per heavy atom. The zero-order valence-corrected chi connectivity index (χ0v) is 27.1. The van der Waals surface area contributed by atoms with E-state index in [2.05, 4.69) is 0 Å². The van der Waals surface area contributed by atoms with Crippen molar-refractivity contribution >= 4 is 33.4 Å². The number of carboxylic acid groups (broad SMARTS) is 2. The SMILES string of the molecule is CC1=CC(=C(c2cc(C)c([O-])c(C(=O)[O-])c2)c2ccccc2S(=O)(=O)O)C=C(C(=O)[O-])C1=O.[Na+].[Na+].[Na+]. The molecule has 0 fully saturated rings. The van der Waals surface area contributed by atoms with Gasteiger partial charge in [-0.15, -0.1) is 0 Å². The number of carbonyl (C=O) groups excluding carboxylic acids is 3. The van der Waals surface area contributed by atoms with Gasteiger partial charge in [-0.3, -0.25) is 9.35 Å². The Morgan fingerprint density at radius 2 is 1.47 bits per heavy atom. The van der Waals surface area contributed by atoms with Gasteiger partial charge in [-0.1, -0.05) is 35.6 Å². The molecule has 36 heavy (non-hydrogen) atoms. The van der Waals surface area contributed by atoms with Crippen LogP contribution < -0.4 is 104 Å². The summed E-state index contributed by atoms with van der Waals surface area (Å²) in [5.74, 6) is -5.17. The van der Waals surface area contributed by atoms with Crippen molar-refractivity contribution < 1.29 is 131 Å². The summed E-state index contributed by atoms with van der Waals surface area (Å²) in [5.41, 5.74) is -1.55. The Morgan fingerprint density at radius 1 is 0.889 bits per heavy atom.